The van der Waals surface area contributed by atoms with Crippen LogP contribution in [0.25, 0.3) is 0 Å². The van der Waals surface area contributed by atoms with E-state index in [1.54, 1.807) is 0 Å². The smallest absolute Gasteiger partial charge is 0.457 e. The number of ether oxygens (including phenoxy) is 1. The predicted octanol–water partition coefficient (Wildman–Crippen LogP) is 5.54. The summed E-state index contributed by atoms with van der Waals surface area (Å²) in [7, 11) is -4.64. The summed E-state index contributed by atoms with van der Waals surface area (Å²) in [4.78, 5) is 21.6. The van der Waals surface area contributed by atoms with Crippen molar-refractivity contribution >= 4 is 7.82 Å². The van der Waals surface area contributed by atoms with Crippen molar-refractivity contribution in [2.75, 3.05) is 0 Å². The molecular formula is C21H31O5P. The van der Waals surface area contributed by atoms with Gasteiger partial charge in [-0.15, -0.1) is 0 Å². The molecule has 0 saturated carbocycles. The van der Waals surface area contributed by atoms with Crippen LogP contribution in [-0.2, 0) is 17.4 Å². The van der Waals surface area contributed by atoms with Gasteiger partial charge in [0.15, 0.2) is 0 Å². The summed E-state index contributed by atoms with van der Waals surface area (Å²) in [6.45, 7) is 6.71. The van der Waals surface area contributed by atoms with Gasteiger partial charge >= 0.3 is 7.82 Å². The van der Waals surface area contributed by atoms with E-state index >= 15 is 0 Å². The zero-order chi connectivity index (χ0) is 20.3. The van der Waals surface area contributed by atoms with Gasteiger partial charge in [0.2, 0.25) is 0 Å². The van der Waals surface area contributed by atoms with Crippen molar-refractivity contribution in [1.82, 2.24) is 0 Å². The van der Waals surface area contributed by atoms with E-state index in [1.165, 1.54) is 48.8 Å². The van der Waals surface area contributed by atoms with Gasteiger partial charge in [0.1, 0.15) is 11.5 Å². The number of unbranched alkanes of at least 4 members (excludes halogenated alkanes) is 3. The maximum Gasteiger partial charge on any atom is 0.466 e. The van der Waals surface area contributed by atoms with Crippen LogP contribution in [0.2, 0.25) is 0 Å². The highest BCUT2D eigenvalue weighted by Gasteiger charge is 2.11. The number of aryl methyl sites for hydroxylation is 1. The summed E-state index contributed by atoms with van der Waals surface area (Å²) in [5, 5.41) is 0. The lowest BCUT2D eigenvalue weighted by Gasteiger charge is -2.17. The van der Waals surface area contributed by atoms with Crippen LogP contribution in [0.1, 0.15) is 56.2 Å². The standard InChI is InChI=1S/C21H28O.H3O4P/c1-4-6-7-11-14-20-17(3)15-16-21(19(20)5-2)22-18-12-9-8-10-13-18;1-5(2,3)4/h8-10,12-13,15-16H,4-7,11,14H2,1-3H3;(H3,1,2,3,4). The molecule has 6 heteroatoms. The predicted molar refractivity (Wildman–Crippen MR) is 109 cm³/mol. The third-order valence-corrected chi connectivity index (χ3v) is 4.23. The Balaban J connectivity index is 0.000000646. The van der Waals surface area contributed by atoms with E-state index in [0.717, 1.165) is 17.9 Å². The van der Waals surface area contributed by atoms with Crippen LogP contribution in [0.15, 0.2) is 42.5 Å². The molecule has 0 atom stereocenters. The van der Waals surface area contributed by atoms with Crippen LogP contribution >= 0.6 is 7.82 Å². The zero-order valence-electron chi connectivity index (χ0n) is 16.4. The van der Waals surface area contributed by atoms with Crippen molar-refractivity contribution in [2.24, 2.45) is 0 Å². The van der Waals surface area contributed by atoms with Gasteiger partial charge in [0, 0.05) is 0 Å². The second-order valence-corrected chi connectivity index (χ2v) is 7.46. The average molecular weight is 394 g/mol. The SMILES string of the molecule is CCCCCCc1c(C)ccc(Oc2ccccc2)c1CC.O=P(O)(O)O. The molecule has 0 heterocycles. The van der Waals surface area contributed by atoms with Gasteiger partial charge in [-0.3, -0.25) is 0 Å². The highest BCUT2D eigenvalue weighted by atomic mass is 31.2. The Kier molecular flexibility index (Phi) is 10.3. The lowest BCUT2D eigenvalue weighted by atomic mass is 9.94. The molecule has 0 radical (unpaired) electrons. The molecule has 2 rings (SSSR count). The fourth-order valence-corrected chi connectivity index (χ4v) is 2.96. The van der Waals surface area contributed by atoms with Crippen LogP contribution in [0.4, 0.5) is 0 Å². The van der Waals surface area contributed by atoms with Gasteiger partial charge < -0.3 is 19.4 Å². The first-order chi connectivity index (χ1) is 12.8. The maximum absolute atomic E-state index is 8.88. The number of phosphoric acid groups is 1. The molecule has 0 aliphatic heterocycles. The van der Waals surface area contributed by atoms with Crippen LogP contribution in [0.5, 0.6) is 11.5 Å². The molecule has 0 aliphatic rings. The lowest BCUT2D eigenvalue weighted by molar-refractivity contribution is 0.275. The number of benzene rings is 2. The molecule has 0 unspecified atom stereocenters. The Morgan fingerprint density at radius 3 is 2.07 bits per heavy atom. The average Bonchev–Trinajstić information content (AvgIpc) is 2.60. The summed E-state index contributed by atoms with van der Waals surface area (Å²) in [5.41, 5.74) is 4.26. The molecule has 5 nitrogen and oxygen atoms in total. The topological polar surface area (TPSA) is 87.0 Å². The zero-order valence-corrected chi connectivity index (χ0v) is 17.3. The Morgan fingerprint density at radius 1 is 0.889 bits per heavy atom. The Labute approximate surface area is 162 Å². The number of para-hydroxylation sites is 1. The first-order valence-corrected chi connectivity index (χ1v) is 10.9. The van der Waals surface area contributed by atoms with Crippen molar-refractivity contribution in [3.05, 3.63) is 59.2 Å². The van der Waals surface area contributed by atoms with Crippen LogP contribution in [-0.4, -0.2) is 14.7 Å². The van der Waals surface area contributed by atoms with Crippen molar-refractivity contribution in [3.8, 4) is 11.5 Å². The second-order valence-electron chi connectivity index (χ2n) is 6.43. The number of hydrogen-bond acceptors (Lipinski definition) is 2. The van der Waals surface area contributed by atoms with Crippen molar-refractivity contribution in [3.63, 3.8) is 0 Å². The molecule has 0 aromatic heterocycles. The molecule has 0 fully saturated rings. The summed E-state index contributed by atoms with van der Waals surface area (Å²) in [5.74, 6) is 1.93. The Hall–Kier alpha value is -1.65. The molecule has 0 aliphatic carbocycles. The summed E-state index contributed by atoms with van der Waals surface area (Å²) >= 11 is 0. The van der Waals surface area contributed by atoms with Gasteiger partial charge in [-0.25, -0.2) is 4.57 Å². The van der Waals surface area contributed by atoms with E-state index in [9.17, 15) is 0 Å². The number of rotatable bonds is 8. The summed E-state index contributed by atoms with van der Waals surface area (Å²) in [6.07, 6.45) is 7.41. The van der Waals surface area contributed by atoms with Crippen molar-refractivity contribution < 1.29 is 24.0 Å². The lowest BCUT2D eigenvalue weighted by Crippen LogP contribution is -2.00. The largest absolute Gasteiger partial charge is 0.466 e. The van der Waals surface area contributed by atoms with Crippen LogP contribution in [0.3, 0.4) is 0 Å². The molecular weight excluding hydrogens is 363 g/mol. The molecule has 0 spiro atoms. The van der Waals surface area contributed by atoms with E-state index in [0.29, 0.717) is 0 Å². The third-order valence-electron chi connectivity index (χ3n) is 4.23. The van der Waals surface area contributed by atoms with Crippen molar-refractivity contribution in [1.29, 1.82) is 0 Å². The third kappa shape index (κ3) is 9.73. The van der Waals surface area contributed by atoms with E-state index in [2.05, 4.69) is 32.9 Å². The molecule has 2 aromatic rings. The fraction of sp³-hybridized carbons (Fsp3) is 0.429. The van der Waals surface area contributed by atoms with Gasteiger partial charge in [0.25, 0.3) is 0 Å². The molecule has 0 amide bonds. The van der Waals surface area contributed by atoms with E-state index in [-0.39, 0.29) is 0 Å². The van der Waals surface area contributed by atoms with Gasteiger partial charge in [-0.1, -0.05) is 57.4 Å². The quantitative estimate of drug-likeness (QED) is 0.404. The minimum absolute atomic E-state index is 0.915. The number of hydrogen-bond donors (Lipinski definition) is 3. The van der Waals surface area contributed by atoms with Gasteiger partial charge in [-0.05, 0) is 61.1 Å². The Bertz CT molecular complexity index is 717. The Morgan fingerprint density at radius 2 is 1.52 bits per heavy atom. The monoisotopic (exact) mass is 394 g/mol. The summed E-state index contributed by atoms with van der Waals surface area (Å²) in [6, 6.07) is 14.4. The van der Waals surface area contributed by atoms with Crippen LogP contribution in [0, 0.1) is 6.92 Å². The minimum Gasteiger partial charge on any atom is -0.457 e. The fourth-order valence-electron chi connectivity index (χ4n) is 2.96. The first kappa shape index (κ1) is 23.4. The summed E-state index contributed by atoms with van der Waals surface area (Å²) < 4.78 is 15.0. The molecule has 2 aromatic carbocycles. The maximum atomic E-state index is 8.88. The van der Waals surface area contributed by atoms with Crippen LogP contribution < -0.4 is 4.74 Å². The van der Waals surface area contributed by atoms with E-state index < -0.39 is 7.82 Å². The molecule has 150 valence electrons. The molecule has 0 bridgehead atoms. The van der Waals surface area contributed by atoms with Gasteiger partial charge in [-0.2, -0.15) is 0 Å². The molecule has 27 heavy (non-hydrogen) atoms. The van der Waals surface area contributed by atoms with Crippen molar-refractivity contribution in [2.45, 2.75) is 59.3 Å². The van der Waals surface area contributed by atoms with Gasteiger partial charge in [0.05, 0.1) is 0 Å². The highest BCUT2D eigenvalue weighted by molar-refractivity contribution is 7.45. The van der Waals surface area contributed by atoms with E-state index in [4.69, 9.17) is 24.0 Å². The molecule has 3 N–H and O–H groups in total. The normalized spacial score (nSPS) is 10.9. The second kappa shape index (κ2) is 11.9. The highest BCUT2D eigenvalue weighted by Crippen LogP contribution is 2.31. The minimum atomic E-state index is -4.64. The molecule has 0 saturated heterocycles. The van der Waals surface area contributed by atoms with E-state index in [1.807, 2.05) is 30.3 Å². The first-order valence-electron chi connectivity index (χ1n) is 9.38.